The monoisotopic (exact) mass is 395 g/mol. The largest absolute Gasteiger partial charge is 0.454 e. The molecule has 0 spiro atoms. The third-order valence-corrected chi connectivity index (χ3v) is 5.28. The smallest absolute Gasteiger partial charge is 0.339 e. The Hall–Kier alpha value is -2.86. The molecule has 3 rings (SSSR count). The van der Waals surface area contributed by atoms with Crippen LogP contribution in [-0.4, -0.2) is 23.5 Å². The highest BCUT2D eigenvalue weighted by Gasteiger charge is 2.17. The molecule has 0 aliphatic heterocycles. The molecular weight excluding hydrogens is 374 g/mol. The lowest BCUT2D eigenvalue weighted by Crippen LogP contribution is -2.15. The van der Waals surface area contributed by atoms with E-state index in [1.807, 2.05) is 51.1 Å². The normalized spacial score (nSPS) is 10.7. The van der Waals surface area contributed by atoms with Crippen molar-refractivity contribution in [2.75, 3.05) is 6.61 Å². The summed E-state index contributed by atoms with van der Waals surface area (Å²) in [5.74, 6) is 0.586. The second-order valence-electron chi connectivity index (χ2n) is 6.53. The summed E-state index contributed by atoms with van der Waals surface area (Å²) >= 11 is 1.47. The van der Waals surface area contributed by atoms with E-state index in [0.29, 0.717) is 16.9 Å². The van der Waals surface area contributed by atoms with E-state index in [4.69, 9.17) is 9.26 Å². The molecule has 6 heteroatoms. The number of thioether (sulfide) groups is 1. The van der Waals surface area contributed by atoms with Gasteiger partial charge in [-0.25, -0.2) is 4.79 Å². The summed E-state index contributed by atoms with van der Waals surface area (Å²) in [5, 5.41) is 3.96. The fraction of sp³-hybridized carbons (Fsp3) is 0.227. The number of carbonyl (C=O) groups excluding carboxylic acids is 2. The number of rotatable bonds is 7. The number of hydrogen-bond donors (Lipinski definition) is 0. The van der Waals surface area contributed by atoms with Gasteiger partial charge in [-0.3, -0.25) is 4.79 Å². The summed E-state index contributed by atoms with van der Waals surface area (Å²) in [7, 11) is 0. The van der Waals surface area contributed by atoms with Crippen LogP contribution in [0.25, 0.3) is 0 Å². The SMILES string of the molecule is Cc1ccc(C(=O)COC(=O)c2ccccc2SCc2cc(C)on2)c(C)c1. The predicted octanol–water partition coefficient (Wildman–Crippen LogP) is 4.93. The zero-order valence-corrected chi connectivity index (χ0v) is 16.8. The van der Waals surface area contributed by atoms with Crippen LogP contribution in [0.15, 0.2) is 57.9 Å². The van der Waals surface area contributed by atoms with E-state index < -0.39 is 5.97 Å². The molecule has 5 nitrogen and oxygen atoms in total. The Labute approximate surface area is 168 Å². The highest BCUT2D eigenvalue weighted by molar-refractivity contribution is 7.98. The Morgan fingerprint density at radius 1 is 1.04 bits per heavy atom. The number of benzene rings is 2. The summed E-state index contributed by atoms with van der Waals surface area (Å²) < 4.78 is 10.4. The van der Waals surface area contributed by atoms with Crippen LogP contribution >= 0.6 is 11.8 Å². The molecule has 144 valence electrons. The van der Waals surface area contributed by atoms with Gasteiger partial charge in [0.05, 0.1) is 11.3 Å². The number of aromatic nitrogens is 1. The van der Waals surface area contributed by atoms with E-state index in [9.17, 15) is 9.59 Å². The minimum absolute atomic E-state index is 0.214. The molecule has 1 heterocycles. The summed E-state index contributed by atoms with van der Waals surface area (Å²) in [4.78, 5) is 25.7. The third kappa shape index (κ3) is 4.89. The average Bonchev–Trinajstić information content (AvgIpc) is 3.09. The molecule has 0 amide bonds. The molecule has 0 bridgehead atoms. The molecular formula is C22H21NO4S. The van der Waals surface area contributed by atoms with Crippen LogP contribution in [0.3, 0.4) is 0 Å². The zero-order chi connectivity index (χ0) is 20.1. The van der Waals surface area contributed by atoms with Crippen LogP contribution in [-0.2, 0) is 10.5 Å². The number of ether oxygens (including phenoxy) is 1. The Kier molecular flexibility index (Phi) is 6.31. The average molecular weight is 395 g/mol. The third-order valence-electron chi connectivity index (χ3n) is 4.18. The van der Waals surface area contributed by atoms with Crippen molar-refractivity contribution >= 4 is 23.5 Å². The van der Waals surface area contributed by atoms with Gasteiger partial charge in [0.2, 0.25) is 5.78 Å². The summed E-state index contributed by atoms with van der Waals surface area (Å²) in [5.41, 5.74) is 3.76. The molecule has 0 saturated heterocycles. The topological polar surface area (TPSA) is 69.4 Å². The van der Waals surface area contributed by atoms with Gasteiger partial charge in [0, 0.05) is 22.3 Å². The predicted molar refractivity (Wildman–Crippen MR) is 108 cm³/mol. The molecule has 0 N–H and O–H groups in total. The van der Waals surface area contributed by atoms with Crippen LogP contribution in [0.5, 0.6) is 0 Å². The molecule has 28 heavy (non-hydrogen) atoms. The maximum Gasteiger partial charge on any atom is 0.339 e. The van der Waals surface area contributed by atoms with Crippen LogP contribution < -0.4 is 0 Å². The van der Waals surface area contributed by atoms with Crippen molar-refractivity contribution in [3.63, 3.8) is 0 Å². The molecule has 0 unspecified atom stereocenters. The van der Waals surface area contributed by atoms with Crippen molar-refractivity contribution in [3.8, 4) is 0 Å². The van der Waals surface area contributed by atoms with Gasteiger partial charge in [-0.15, -0.1) is 11.8 Å². The number of nitrogens with zero attached hydrogens (tertiary/aromatic N) is 1. The molecule has 0 radical (unpaired) electrons. The fourth-order valence-electron chi connectivity index (χ4n) is 2.81. The lowest BCUT2D eigenvalue weighted by molar-refractivity contribution is 0.0471. The second kappa shape index (κ2) is 8.89. The Morgan fingerprint density at radius 2 is 1.82 bits per heavy atom. The molecule has 0 aliphatic rings. The lowest BCUT2D eigenvalue weighted by Gasteiger charge is -2.10. The Morgan fingerprint density at radius 3 is 2.54 bits per heavy atom. The van der Waals surface area contributed by atoms with Gasteiger partial charge in [0.1, 0.15) is 5.76 Å². The first-order valence-electron chi connectivity index (χ1n) is 8.85. The molecule has 0 saturated carbocycles. The highest BCUT2D eigenvalue weighted by Crippen LogP contribution is 2.27. The molecule has 0 fully saturated rings. The number of esters is 1. The van der Waals surface area contributed by atoms with E-state index in [0.717, 1.165) is 27.5 Å². The number of Topliss-reactive ketones (excluding diaryl/α,β-unsaturated/α-hetero) is 1. The Balaban J connectivity index is 1.64. The number of aryl methyl sites for hydroxylation is 3. The molecule has 2 aromatic carbocycles. The summed E-state index contributed by atoms with van der Waals surface area (Å²) in [6.45, 7) is 5.39. The van der Waals surface area contributed by atoms with E-state index in [-0.39, 0.29) is 12.4 Å². The van der Waals surface area contributed by atoms with Crippen molar-refractivity contribution in [1.82, 2.24) is 5.16 Å². The number of ketones is 1. The standard InChI is InChI=1S/C22H21NO4S/c1-14-8-9-18(15(2)10-14)20(24)12-26-22(25)19-6-4-5-7-21(19)28-13-17-11-16(3)27-23-17/h4-11H,12-13H2,1-3H3. The minimum Gasteiger partial charge on any atom is -0.454 e. The maximum atomic E-state index is 12.5. The Bertz CT molecular complexity index is 1010. The first-order chi connectivity index (χ1) is 13.4. The molecule has 0 aliphatic carbocycles. The van der Waals surface area contributed by atoms with Crippen molar-refractivity contribution in [1.29, 1.82) is 0 Å². The van der Waals surface area contributed by atoms with E-state index in [1.54, 1.807) is 18.2 Å². The maximum absolute atomic E-state index is 12.5. The van der Waals surface area contributed by atoms with Crippen molar-refractivity contribution < 1.29 is 18.8 Å². The van der Waals surface area contributed by atoms with Crippen molar-refractivity contribution in [2.24, 2.45) is 0 Å². The van der Waals surface area contributed by atoms with Crippen molar-refractivity contribution in [2.45, 2.75) is 31.4 Å². The van der Waals surface area contributed by atoms with Crippen LogP contribution in [0.4, 0.5) is 0 Å². The fourth-order valence-corrected chi connectivity index (χ4v) is 3.73. The summed E-state index contributed by atoms with van der Waals surface area (Å²) in [6, 6.07) is 14.6. The lowest BCUT2D eigenvalue weighted by atomic mass is 10.0. The van der Waals surface area contributed by atoms with Gasteiger partial charge >= 0.3 is 5.97 Å². The van der Waals surface area contributed by atoms with Gasteiger partial charge in [-0.1, -0.05) is 41.1 Å². The quantitative estimate of drug-likeness (QED) is 0.321. The van der Waals surface area contributed by atoms with E-state index >= 15 is 0 Å². The highest BCUT2D eigenvalue weighted by atomic mass is 32.2. The zero-order valence-electron chi connectivity index (χ0n) is 16.0. The minimum atomic E-state index is -0.516. The molecule has 1 aromatic heterocycles. The van der Waals surface area contributed by atoms with Gasteiger partial charge < -0.3 is 9.26 Å². The van der Waals surface area contributed by atoms with Crippen LogP contribution in [0.2, 0.25) is 0 Å². The number of hydrogen-bond acceptors (Lipinski definition) is 6. The van der Waals surface area contributed by atoms with Gasteiger partial charge in [-0.2, -0.15) is 0 Å². The first kappa shape index (κ1) is 19.9. The van der Waals surface area contributed by atoms with E-state index in [1.165, 1.54) is 11.8 Å². The van der Waals surface area contributed by atoms with E-state index in [2.05, 4.69) is 5.16 Å². The van der Waals surface area contributed by atoms with Gasteiger partial charge in [-0.05, 0) is 38.5 Å². The van der Waals surface area contributed by atoms with Crippen molar-refractivity contribution in [3.05, 3.63) is 82.2 Å². The number of carbonyl (C=O) groups is 2. The van der Waals surface area contributed by atoms with Gasteiger partial charge in [0.25, 0.3) is 0 Å². The molecule has 0 atom stereocenters. The second-order valence-corrected chi connectivity index (χ2v) is 7.55. The van der Waals surface area contributed by atoms with Gasteiger partial charge in [0.15, 0.2) is 6.61 Å². The van der Waals surface area contributed by atoms with Crippen LogP contribution in [0, 0.1) is 20.8 Å². The first-order valence-corrected chi connectivity index (χ1v) is 9.84. The van der Waals surface area contributed by atoms with Crippen LogP contribution in [0.1, 0.15) is 43.3 Å². The molecule has 3 aromatic rings. The summed E-state index contributed by atoms with van der Waals surface area (Å²) in [6.07, 6.45) is 0.